The van der Waals surface area contributed by atoms with Gasteiger partial charge in [0, 0.05) is 20.0 Å². The standard InChI is InChI=1S/C16H22O3/c1-18-12-19-16(14-8-9-15(17)11-14)10-7-13-5-3-2-4-6-13/h2-6,14,16H,7-12H2,1H3. The lowest BCUT2D eigenvalue weighted by Gasteiger charge is -2.23. The third-order valence-corrected chi connectivity index (χ3v) is 3.77. The number of hydrogen-bond donors (Lipinski definition) is 0. The maximum atomic E-state index is 11.4. The summed E-state index contributed by atoms with van der Waals surface area (Å²) in [6.07, 6.45) is 4.41. The number of ether oxygens (including phenoxy) is 2. The van der Waals surface area contributed by atoms with Crippen LogP contribution in [0.1, 0.15) is 31.2 Å². The van der Waals surface area contributed by atoms with Gasteiger partial charge < -0.3 is 9.47 Å². The molecule has 2 rings (SSSR count). The van der Waals surface area contributed by atoms with Gasteiger partial charge in [0.25, 0.3) is 0 Å². The van der Waals surface area contributed by atoms with Crippen LogP contribution in [0.5, 0.6) is 0 Å². The Kier molecular flexibility index (Phi) is 5.55. The molecule has 0 aromatic heterocycles. The molecular weight excluding hydrogens is 240 g/mol. The van der Waals surface area contributed by atoms with E-state index < -0.39 is 0 Å². The van der Waals surface area contributed by atoms with Crippen LogP contribution in [-0.2, 0) is 20.7 Å². The normalized spacial score (nSPS) is 20.7. The Morgan fingerprint density at radius 1 is 1.32 bits per heavy atom. The van der Waals surface area contributed by atoms with E-state index in [-0.39, 0.29) is 6.10 Å². The highest BCUT2D eigenvalue weighted by molar-refractivity contribution is 5.80. The van der Waals surface area contributed by atoms with Crippen molar-refractivity contribution in [2.24, 2.45) is 5.92 Å². The van der Waals surface area contributed by atoms with Crippen LogP contribution in [0.4, 0.5) is 0 Å². The largest absolute Gasteiger partial charge is 0.359 e. The average Bonchev–Trinajstić information content (AvgIpc) is 2.86. The summed E-state index contributed by atoms with van der Waals surface area (Å²) in [5.74, 6) is 0.738. The minimum absolute atomic E-state index is 0.131. The van der Waals surface area contributed by atoms with Crippen LogP contribution in [0.3, 0.4) is 0 Å². The zero-order chi connectivity index (χ0) is 13.5. The molecule has 3 nitrogen and oxygen atoms in total. The third-order valence-electron chi connectivity index (χ3n) is 3.77. The van der Waals surface area contributed by atoms with E-state index in [2.05, 4.69) is 24.3 Å². The maximum Gasteiger partial charge on any atom is 0.146 e. The lowest BCUT2D eigenvalue weighted by Crippen LogP contribution is -2.24. The number of Topliss-reactive ketones (excluding diaryl/α,β-unsaturated/α-hetero) is 1. The summed E-state index contributed by atoms with van der Waals surface area (Å²) in [5, 5.41) is 0. The lowest BCUT2D eigenvalue weighted by atomic mass is 9.95. The highest BCUT2D eigenvalue weighted by Gasteiger charge is 2.29. The van der Waals surface area contributed by atoms with Crippen LogP contribution in [0.25, 0.3) is 0 Å². The summed E-state index contributed by atoms with van der Waals surface area (Å²) < 4.78 is 10.8. The number of methoxy groups -OCH3 is 1. The molecule has 104 valence electrons. The van der Waals surface area contributed by atoms with Gasteiger partial charge in [-0.25, -0.2) is 0 Å². The quantitative estimate of drug-likeness (QED) is 0.709. The van der Waals surface area contributed by atoms with Crippen LogP contribution in [0.15, 0.2) is 30.3 Å². The number of rotatable bonds is 7. The first-order valence-corrected chi connectivity index (χ1v) is 6.95. The van der Waals surface area contributed by atoms with Gasteiger partial charge in [-0.05, 0) is 30.7 Å². The van der Waals surface area contributed by atoms with Crippen molar-refractivity contribution in [2.75, 3.05) is 13.9 Å². The molecule has 1 aliphatic carbocycles. The van der Waals surface area contributed by atoms with E-state index in [9.17, 15) is 4.79 Å². The molecule has 0 amide bonds. The van der Waals surface area contributed by atoms with E-state index in [0.717, 1.165) is 19.3 Å². The maximum absolute atomic E-state index is 11.4. The number of ketones is 1. The van der Waals surface area contributed by atoms with Crippen molar-refractivity contribution in [3.63, 3.8) is 0 Å². The first-order chi connectivity index (χ1) is 9.29. The fraction of sp³-hybridized carbons (Fsp3) is 0.562. The number of aryl methyl sites for hydroxylation is 1. The Balaban J connectivity index is 1.88. The summed E-state index contributed by atoms with van der Waals surface area (Å²) in [4.78, 5) is 11.4. The van der Waals surface area contributed by atoms with Crippen LogP contribution in [0.2, 0.25) is 0 Å². The molecule has 1 fully saturated rings. The van der Waals surface area contributed by atoms with E-state index in [1.807, 2.05) is 6.07 Å². The topological polar surface area (TPSA) is 35.5 Å². The van der Waals surface area contributed by atoms with E-state index in [4.69, 9.17) is 9.47 Å². The Morgan fingerprint density at radius 3 is 2.74 bits per heavy atom. The summed E-state index contributed by atoms with van der Waals surface area (Å²) in [6, 6.07) is 10.4. The van der Waals surface area contributed by atoms with Crippen molar-refractivity contribution in [2.45, 2.75) is 38.2 Å². The second-order valence-corrected chi connectivity index (χ2v) is 5.18. The molecule has 1 aromatic rings. The average molecular weight is 262 g/mol. The summed E-state index contributed by atoms with van der Waals surface area (Å²) in [7, 11) is 1.63. The van der Waals surface area contributed by atoms with Gasteiger partial charge in [0.1, 0.15) is 12.6 Å². The van der Waals surface area contributed by atoms with Crippen LogP contribution < -0.4 is 0 Å². The zero-order valence-electron chi connectivity index (χ0n) is 11.5. The Morgan fingerprint density at radius 2 is 2.11 bits per heavy atom. The Labute approximate surface area is 114 Å². The van der Waals surface area contributed by atoms with Crippen LogP contribution >= 0.6 is 0 Å². The fourth-order valence-corrected chi connectivity index (χ4v) is 2.72. The lowest BCUT2D eigenvalue weighted by molar-refractivity contribution is -0.119. The molecule has 0 spiro atoms. The highest BCUT2D eigenvalue weighted by atomic mass is 16.7. The predicted molar refractivity (Wildman–Crippen MR) is 73.9 cm³/mol. The van der Waals surface area contributed by atoms with Crippen molar-refractivity contribution in [3.05, 3.63) is 35.9 Å². The Hall–Kier alpha value is -1.19. The second-order valence-electron chi connectivity index (χ2n) is 5.18. The first-order valence-electron chi connectivity index (χ1n) is 6.95. The molecule has 0 N–H and O–H groups in total. The van der Waals surface area contributed by atoms with Crippen LogP contribution in [0, 0.1) is 5.92 Å². The molecule has 1 saturated carbocycles. The molecule has 2 atom stereocenters. The number of hydrogen-bond acceptors (Lipinski definition) is 3. The third kappa shape index (κ3) is 4.44. The SMILES string of the molecule is COCOC(CCc1ccccc1)C1CCC(=O)C1. The van der Waals surface area contributed by atoms with Gasteiger partial charge in [0.05, 0.1) is 6.10 Å². The summed E-state index contributed by atoms with van der Waals surface area (Å²) >= 11 is 0. The molecule has 0 bridgehead atoms. The number of carbonyl (C=O) groups excluding carboxylic acids is 1. The number of carbonyl (C=O) groups is 1. The second kappa shape index (κ2) is 7.41. The van der Waals surface area contributed by atoms with Gasteiger partial charge in [-0.15, -0.1) is 0 Å². The van der Waals surface area contributed by atoms with Gasteiger partial charge in [0.15, 0.2) is 0 Å². The number of benzene rings is 1. The van der Waals surface area contributed by atoms with E-state index in [1.54, 1.807) is 7.11 Å². The minimum atomic E-state index is 0.131. The molecule has 0 aliphatic heterocycles. The summed E-state index contributed by atoms with van der Waals surface area (Å²) in [6.45, 7) is 0.310. The fourth-order valence-electron chi connectivity index (χ4n) is 2.72. The van der Waals surface area contributed by atoms with Crippen LogP contribution in [-0.4, -0.2) is 25.8 Å². The molecule has 0 heterocycles. The molecule has 2 unspecified atom stereocenters. The minimum Gasteiger partial charge on any atom is -0.359 e. The van der Waals surface area contributed by atoms with E-state index in [0.29, 0.717) is 31.3 Å². The highest BCUT2D eigenvalue weighted by Crippen LogP contribution is 2.29. The van der Waals surface area contributed by atoms with Crippen molar-refractivity contribution in [1.82, 2.24) is 0 Å². The van der Waals surface area contributed by atoms with Gasteiger partial charge >= 0.3 is 0 Å². The van der Waals surface area contributed by atoms with E-state index >= 15 is 0 Å². The molecule has 3 heteroatoms. The van der Waals surface area contributed by atoms with Gasteiger partial charge in [-0.2, -0.15) is 0 Å². The molecular formula is C16H22O3. The van der Waals surface area contributed by atoms with Gasteiger partial charge in [-0.1, -0.05) is 30.3 Å². The van der Waals surface area contributed by atoms with Crippen molar-refractivity contribution >= 4 is 5.78 Å². The molecule has 1 aromatic carbocycles. The molecule has 1 aliphatic rings. The smallest absolute Gasteiger partial charge is 0.146 e. The van der Waals surface area contributed by atoms with Crippen molar-refractivity contribution in [3.8, 4) is 0 Å². The molecule has 19 heavy (non-hydrogen) atoms. The monoisotopic (exact) mass is 262 g/mol. The summed E-state index contributed by atoms with van der Waals surface area (Å²) in [5.41, 5.74) is 1.32. The van der Waals surface area contributed by atoms with Gasteiger partial charge in [-0.3, -0.25) is 4.79 Å². The van der Waals surface area contributed by atoms with Crippen molar-refractivity contribution in [1.29, 1.82) is 0 Å². The first kappa shape index (κ1) is 14.2. The van der Waals surface area contributed by atoms with Gasteiger partial charge in [0.2, 0.25) is 0 Å². The molecule has 0 saturated heterocycles. The zero-order valence-corrected chi connectivity index (χ0v) is 11.5. The van der Waals surface area contributed by atoms with E-state index in [1.165, 1.54) is 5.56 Å². The predicted octanol–water partition coefficient (Wildman–Crippen LogP) is 2.98. The van der Waals surface area contributed by atoms with Crippen molar-refractivity contribution < 1.29 is 14.3 Å². The Bertz CT molecular complexity index is 388. The molecule has 0 radical (unpaired) electrons.